The predicted molar refractivity (Wildman–Crippen MR) is 203 cm³/mol. The number of unbranched alkanes of at least 4 members (excludes halogenated alkanes) is 1. The Morgan fingerprint density at radius 2 is 1.51 bits per heavy atom. The molecular weight excluding hydrogens is 597 g/mol. The van der Waals surface area contributed by atoms with Gasteiger partial charge in [0.25, 0.3) is 0 Å². The Morgan fingerprint density at radius 3 is 2.31 bits per heavy atom. The van der Waals surface area contributed by atoms with Crippen LogP contribution in [-0.2, 0) is 12.0 Å². The highest BCUT2D eigenvalue weighted by Gasteiger charge is 2.50. The Kier molecular flexibility index (Phi) is 8.11. The van der Waals surface area contributed by atoms with E-state index in [4.69, 9.17) is 0 Å². The van der Waals surface area contributed by atoms with E-state index in [9.17, 15) is 0 Å². The summed E-state index contributed by atoms with van der Waals surface area (Å²) in [6, 6.07) is 40.5. The molecule has 0 N–H and O–H groups in total. The lowest BCUT2D eigenvalue weighted by Gasteiger charge is -2.39. The minimum atomic E-state index is 0.0857. The summed E-state index contributed by atoms with van der Waals surface area (Å²) in [4.78, 5) is 0. The summed E-state index contributed by atoms with van der Waals surface area (Å²) in [5.74, 6) is 0.457. The predicted octanol–water partition coefficient (Wildman–Crippen LogP) is 11.2. The van der Waals surface area contributed by atoms with E-state index in [0.717, 1.165) is 42.6 Å². The number of benzene rings is 5. The van der Waals surface area contributed by atoms with Crippen molar-refractivity contribution in [3.05, 3.63) is 133 Å². The fourth-order valence-corrected chi connectivity index (χ4v) is 8.70. The van der Waals surface area contributed by atoms with Gasteiger partial charge in [-0.25, -0.2) is 4.68 Å². The van der Waals surface area contributed by atoms with Crippen LogP contribution in [0.5, 0.6) is 0 Å². The Labute approximate surface area is 290 Å². The summed E-state index contributed by atoms with van der Waals surface area (Å²) in [5, 5.41) is 14.4. The van der Waals surface area contributed by atoms with Gasteiger partial charge in [0.15, 0.2) is 11.7 Å². The smallest absolute Gasteiger partial charge is 0.213 e. The summed E-state index contributed by atoms with van der Waals surface area (Å²) in [6.07, 6.45) is 11.2. The highest BCUT2D eigenvalue weighted by molar-refractivity contribution is 6.12. The third kappa shape index (κ3) is 5.17. The molecule has 0 amide bonds. The monoisotopic (exact) mass is 641 g/mol. The molecule has 3 heterocycles. The van der Waals surface area contributed by atoms with Crippen molar-refractivity contribution in [2.24, 2.45) is 0 Å². The third-order valence-corrected chi connectivity index (χ3v) is 11.3. The Balaban J connectivity index is 1.14. The van der Waals surface area contributed by atoms with Crippen molar-refractivity contribution in [1.82, 2.24) is 15.0 Å². The van der Waals surface area contributed by atoms with Gasteiger partial charge in [-0.05, 0) is 87.3 Å². The van der Waals surface area contributed by atoms with E-state index in [1.54, 1.807) is 0 Å². The number of pyridine rings is 1. The summed E-state index contributed by atoms with van der Waals surface area (Å²) in [5.41, 5.74) is 11.0. The molecule has 49 heavy (non-hydrogen) atoms. The summed E-state index contributed by atoms with van der Waals surface area (Å²) in [6.45, 7) is 9.27. The standard InChI is InChI=1S/C45H45N4/c1-5-9-14-31-18-24-38-35(27-31)28-34-15-10-11-16-37(34)44(38)33-21-19-32(20-22-33)42-30-49(47-46-42)36-23-25-39-40(29-36)43-17-12-13-26-48(43)45(7-3,8-4)41(39)6-2/h10-13,15-30,41H,5-9,14H2,1-4H3/q+1. The Bertz CT molecular complexity index is 2290. The lowest BCUT2D eigenvalue weighted by atomic mass is 9.69. The SMILES string of the molecule is CCCCc1ccc2c(-c3ccc(-c4cn(-c5ccc6c(c5)-c5cccc[n+]5C(CC)(CC)C6CC)nn4)cc3)c3ccccc3cc2c1. The fraction of sp³-hybridized carbons (Fsp3) is 0.267. The van der Waals surface area contributed by atoms with Crippen molar-refractivity contribution in [3.63, 3.8) is 0 Å². The minimum Gasteiger partial charge on any atom is -0.220 e. The molecule has 0 aliphatic carbocycles. The van der Waals surface area contributed by atoms with Crippen LogP contribution < -0.4 is 4.57 Å². The first-order valence-corrected chi connectivity index (χ1v) is 18.2. The van der Waals surface area contributed by atoms with Crippen LogP contribution in [0.15, 0.2) is 122 Å². The van der Waals surface area contributed by atoms with Crippen LogP contribution in [0.2, 0.25) is 0 Å². The average molecular weight is 642 g/mol. The first kappa shape index (κ1) is 31.2. The van der Waals surface area contributed by atoms with Gasteiger partial charge < -0.3 is 0 Å². The first-order valence-electron chi connectivity index (χ1n) is 18.2. The molecule has 5 aromatic carbocycles. The van der Waals surface area contributed by atoms with Crippen molar-refractivity contribution in [1.29, 1.82) is 0 Å². The zero-order valence-electron chi connectivity index (χ0n) is 29.2. The van der Waals surface area contributed by atoms with Crippen molar-refractivity contribution < 1.29 is 4.57 Å². The van der Waals surface area contributed by atoms with Crippen LogP contribution in [0.4, 0.5) is 0 Å². The summed E-state index contributed by atoms with van der Waals surface area (Å²) < 4.78 is 4.47. The van der Waals surface area contributed by atoms with Crippen molar-refractivity contribution >= 4 is 21.5 Å². The van der Waals surface area contributed by atoms with E-state index in [1.807, 2.05) is 4.68 Å². The maximum Gasteiger partial charge on any atom is 0.213 e. The fourth-order valence-electron chi connectivity index (χ4n) is 8.70. The number of nitrogens with zero attached hydrogens (tertiary/aromatic N) is 4. The molecule has 8 rings (SSSR count). The van der Waals surface area contributed by atoms with Crippen molar-refractivity contribution in [2.45, 2.75) is 77.7 Å². The zero-order chi connectivity index (χ0) is 33.5. The quantitative estimate of drug-likeness (QED) is 0.116. The molecule has 0 saturated carbocycles. The molecular formula is C45H45N4+. The van der Waals surface area contributed by atoms with Crippen LogP contribution in [0.3, 0.4) is 0 Å². The van der Waals surface area contributed by atoms with Gasteiger partial charge in [0.1, 0.15) is 5.69 Å². The topological polar surface area (TPSA) is 34.6 Å². The van der Waals surface area contributed by atoms with Gasteiger partial charge >= 0.3 is 0 Å². The van der Waals surface area contributed by atoms with E-state index in [0.29, 0.717) is 5.92 Å². The van der Waals surface area contributed by atoms with E-state index in [1.165, 1.54) is 67.9 Å². The number of hydrogen-bond acceptors (Lipinski definition) is 2. The van der Waals surface area contributed by atoms with Crippen LogP contribution in [-0.4, -0.2) is 15.0 Å². The molecule has 0 saturated heterocycles. The van der Waals surface area contributed by atoms with Crippen molar-refractivity contribution in [3.8, 4) is 39.3 Å². The van der Waals surface area contributed by atoms with Gasteiger partial charge in [-0.3, -0.25) is 0 Å². The van der Waals surface area contributed by atoms with Crippen LogP contribution >= 0.6 is 0 Å². The van der Waals surface area contributed by atoms with E-state index in [2.05, 4.69) is 164 Å². The molecule has 0 radical (unpaired) electrons. The molecule has 2 aromatic heterocycles. The Morgan fingerprint density at radius 1 is 0.735 bits per heavy atom. The third-order valence-electron chi connectivity index (χ3n) is 11.3. The van der Waals surface area contributed by atoms with Gasteiger partial charge in [0.05, 0.1) is 17.4 Å². The van der Waals surface area contributed by atoms with Crippen LogP contribution in [0.25, 0.3) is 60.9 Å². The van der Waals surface area contributed by atoms with E-state index < -0.39 is 0 Å². The van der Waals surface area contributed by atoms with Crippen molar-refractivity contribution in [2.75, 3.05) is 0 Å². The minimum absolute atomic E-state index is 0.0857. The molecule has 1 unspecified atom stereocenters. The van der Waals surface area contributed by atoms with E-state index >= 15 is 0 Å². The number of rotatable bonds is 9. The van der Waals surface area contributed by atoms with Gasteiger partial charge in [-0.2, -0.15) is 4.57 Å². The maximum atomic E-state index is 4.64. The lowest BCUT2D eigenvalue weighted by Crippen LogP contribution is -2.62. The molecule has 1 aliphatic heterocycles. The normalized spacial score (nSPS) is 15.0. The number of aryl methyl sites for hydroxylation is 1. The van der Waals surface area contributed by atoms with Gasteiger partial charge in [0, 0.05) is 36.5 Å². The number of fused-ring (bicyclic) bond motifs is 5. The zero-order valence-corrected chi connectivity index (χ0v) is 29.2. The molecule has 4 nitrogen and oxygen atoms in total. The number of aromatic nitrogens is 4. The van der Waals surface area contributed by atoms with Crippen LogP contribution in [0, 0.1) is 0 Å². The molecule has 0 bridgehead atoms. The first-order chi connectivity index (χ1) is 24.1. The molecule has 1 aliphatic rings. The Hall–Kier alpha value is -5.09. The average Bonchev–Trinajstić information content (AvgIpc) is 3.66. The van der Waals surface area contributed by atoms with Crippen LogP contribution in [0.1, 0.15) is 76.8 Å². The summed E-state index contributed by atoms with van der Waals surface area (Å²) in [7, 11) is 0. The second-order valence-electron chi connectivity index (χ2n) is 13.8. The molecule has 0 spiro atoms. The molecule has 7 aromatic rings. The number of hydrogen-bond donors (Lipinski definition) is 0. The molecule has 244 valence electrons. The highest BCUT2D eigenvalue weighted by atomic mass is 15.4. The highest BCUT2D eigenvalue weighted by Crippen LogP contribution is 2.47. The van der Waals surface area contributed by atoms with Gasteiger partial charge in [-0.15, -0.1) is 5.10 Å². The molecule has 1 atom stereocenters. The summed E-state index contributed by atoms with van der Waals surface area (Å²) >= 11 is 0. The lowest BCUT2D eigenvalue weighted by molar-refractivity contribution is -0.762. The molecule has 0 fully saturated rings. The largest absolute Gasteiger partial charge is 0.220 e. The second kappa shape index (κ2) is 12.7. The second-order valence-corrected chi connectivity index (χ2v) is 13.8. The van der Waals surface area contributed by atoms with E-state index in [-0.39, 0.29) is 5.54 Å². The van der Waals surface area contributed by atoms with Gasteiger partial charge in [0.2, 0.25) is 5.69 Å². The maximum absolute atomic E-state index is 4.64. The molecule has 4 heteroatoms. The van der Waals surface area contributed by atoms with Gasteiger partial charge in [-0.1, -0.05) is 112 Å².